The van der Waals surface area contributed by atoms with Crippen molar-refractivity contribution in [3.05, 3.63) is 29.8 Å². The second-order valence-corrected chi connectivity index (χ2v) is 5.87. The summed E-state index contributed by atoms with van der Waals surface area (Å²) >= 11 is 0. The van der Waals surface area contributed by atoms with E-state index in [1.807, 2.05) is 0 Å². The highest BCUT2D eigenvalue weighted by Gasteiger charge is 2.16. The topological polar surface area (TPSA) is 29.5 Å². The Bertz CT molecular complexity index is 406. The molecule has 1 N–H and O–H groups in total. The van der Waals surface area contributed by atoms with Crippen LogP contribution in [0.25, 0.3) is 0 Å². The molecule has 2 atom stereocenters. The summed E-state index contributed by atoms with van der Waals surface area (Å²) in [7, 11) is 0. The summed E-state index contributed by atoms with van der Waals surface area (Å²) in [4.78, 5) is 0. The zero-order chi connectivity index (χ0) is 15.1. The van der Waals surface area contributed by atoms with Gasteiger partial charge in [0, 0.05) is 12.2 Å². The average Bonchev–Trinajstić information content (AvgIpc) is 2.60. The van der Waals surface area contributed by atoms with E-state index in [0.717, 1.165) is 44.9 Å². The van der Waals surface area contributed by atoms with Crippen LogP contribution in [0.4, 0.5) is 8.78 Å². The van der Waals surface area contributed by atoms with E-state index in [4.69, 9.17) is 4.74 Å². The molecule has 0 aromatic heterocycles. The Hall–Kier alpha value is -1.16. The molecule has 1 aromatic rings. The first-order valence-corrected chi connectivity index (χ1v) is 7.84. The maximum Gasteiger partial charge on any atom is 0.263 e. The van der Waals surface area contributed by atoms with Crippen LogP contribution in [-0.4, -0.2) is 17.8 Å². The van der Waals surface area contributed by atoms with Crippen molar-refractivity contribution in [2.45, 2.75) is 57.5 Å². The molecule has 2 rings (SSSR count). The molecule has 1 aliphatic carbocycles. The molecule has 118 valence electrons. The van der Waals surface area contributed by atoms with Gasteiger partial charge in [-0.3, -0.25) is 0 Å². The Morgan fingerprint density at radius 3 is 2.29 bits per heavy atom. The molecule has 0 radical (unpaired) electrons. The molecule has 4 heteroatoms. The van der Waals surface area contributed by atoms with Gasteiger partial charge in [-0.1, -0.05) is 6.42 Å². The first kappa shape index (κ1) is 16.2. The van der Waals surface area contributed by atoms with E-state index in [0.29, 0.717) is 11.7 Å². The quantitative estimate of drug-likeness (QED) is 0.871. The predicted octanol–water partition coefficient (Wildman–Crippen LogP) is 4.72. The number of hydrogen-bond donors (Lipinski definition) is 1. The summed E-state index contributed by atoms with van der Waals surface area (Å²) in [5.74, 6) is 1.09. The number of aliphatic hydroxyl groups is 1. The normalized spacial score (nSPS) is 24.2. The van der Waals surface area contributed by atoms with Crippen molar-refractivity contribution in [2.75, 3.05) is 6.61 Å². The Balaban J connectivity index is 1.88. The lowest BCUT2D eigenvalue weighted by atomic mass is 9.98. The molecule has 0 spiro atoms. The monoisotopic (exact) mass is 298 g/mol. The molecule has 0 aliphatic heterocycles. The van der Waals surface area contributed by atoms with Crippen molar-refractivity contribution in [3.8, 4) is 5.75 Å². The number of halogens is 2. The largest absolute Gasteiger partial charge is 0.490 e. The number of rotatable bonds is 4. The van der Waals surface area contributed by atoms with Gasteiger partial charge < -0.3 is 9.84 Å². The van der Waals surface area contributed by atoms with Crippen molar-refractivity contribution in [1.29, 1.82) is 0 Å². The number of alkyl halides is 2. The molecular formula is C17H24F2O2. The molecule has 1 saturated carbocycles. The van der Waals surface area contributed by atoms with Gasteiger partial charge in [0.1, 0.15) is 5.75 Å². The molecule has 0 bridgehead atoms. The van der Waals surface area contributed by atoms with Crippen LogP contribution in [0.2, 0.25) is 0 Å². The lowest BCUT2D eigenvalue weighted by molar-refractivity contribution is 0.150. The molecule has 1 aromatic carbocycles. The molecule has 2 nitrogen and oxygen atoms in total. The molecular weight excluding hydrogens is 274 g/mol. The minimum absolute atomic E-state index is 0.0302. The standard InChI is InChI=1S/C17H24F2O2/c18-17(19)14-8-10-16(11-9-14)21-15-6-2-1-4-13(12-20)5-3-7-15/h8-11,13,15,17,20H,1-7,12H2. The zero-order valence-corrected chi connectivity index (χ0v) is 12.3. The summed E-state index contributed by atoms with van der Waals surface area (Å²) in [6.45, 7) is 0.278. The lowest BCUT2D eigenvalue weighted by Gasteiger charge is -2.18. The van der Waals surface area contributed by atoms with Gasteiger partial charge in [-0.15, -0.1) is 0 Å². The van der Waals surface area contributed by atoms with Gasteiger partial charge in [-0.2, -0.15) is 0 Å². The molecule has 1 aliphatic rings. The number of aliphatic hydroxyl groups excluding tert-OH is 1. The predicted molar refractivity (Wildman–Crippen MR) is 78.7 cm³/mol. The third kappa shape index (κ3) is 5.27. The van der Waals surface area contributed by atoms with E-state index in [2.05, 4.69) is 0 Å². The fraction of sp³-hybridized carbons (Fsp3) is 0.647. The fourth-order valence-corrected chi connectivity index (χ4v) is 2.91. The molecule has 0 saturated heterocycles. The van der Waals surface area contributed by atoms with Crippen LogP contribution in [-0.2, 0) is 0 Å². The Morgan fingerprint density at radius 1 is 1.00 bits per heavy atom. The fourth-order valence-electron chi connectivity index (χ4n) is 2.91. The van der Waals surface area contributed by atoms with E-state index in [1.165, 1.54) is 12.1 Å². The van der Waals surface area contributed by atoms with E-state index >= 15 is 0 Å². The summed E-state index contributed by atoms with van der Waals surface area (Å²) < 4.78 is 31.0. The van der Waals surface area contributed by atoms with Gasteiger partial charge in [0.15, 0.2) is 0 Å². The molecule has 0 amide bonds. The third-order valence-electron chi connectivity index (χ3n) is 4.22. The molecule has 0 heterocycles. The van der Waals surface area contributed by atoms with Gasteiger partial charge in [0.05, 0.1) is 6.10 Å². The minimum Gasteiger partial charge on any atom is -0.490 e. The Morgan fingerprint density at radius 2 is 1.62 bits per heavy atom. The van der Waals surface area contributed by atoms with Crippen LogP contribution >= 0.6 is 0 Å². The van der Waals surface area contributed by atoms with Crippen LogP contribution in [0.1, 0.15) is 56.9 Å². The van der Waals surface area contributed by atoms with Crippen molar-refractivity contribution < 1.29 is 18.6 Å². The number of ether oxygens (including phenoxy) is 1. The van der Waals surface area contributed by atoms with Crippen LogP contribution in [0, 0.1) is 5.92 Å². The molecule has 2 unspecified atom stereocenters. The van der Waals surface area contributed by atoms with Gasteiger partial charge >= 0.3 is 0 Å². The summed E-state index contributed by atoms with van der Waals surface area (Å²) in [5, 5.41) is 9.28. The van der Waals surface area contributed by atoms with Crippen LogP contribution in [0.5, 0.6) is 5.75 Å². The Kier molecular flexibility index (Phi) is 6.43. The highest BCUT2D eigenvalue weighted by molar-refractivity contribution is 5.28. The summed E-state index contributed by atoms with van der Waals surface area (Å²) in [6.07, 6.45) is 5.07. The van der Waals surface area contributed by atoms with E-state index < -0.39 is 6.43 Å². The average molecular weight is 298 g/mol. The first-order chi connectivity index (χ1) is 10.2. The third-order valence-corrected chi connectivity index (χ3v) is 4.22. The van der Waals surface area contributed by atoms with Gasteiger partial charge in [-0.25, -0.2) is 8.78 Å². The van der Waals surface area contributed by atoms with Crippen molar-refractivity contribution in [1.82, 2.24) is 0 Å². The lowest BCUT2D eigenvalue weighted by Crippen LogP contribution is -2.16. The van der Waals surface area contributed by atoms with Crippen LogP contribution in [0.3, 0.4) is 0 Å². The van der Waals surface area contributed by atoms with Crippen LogP contribution < -0.4 is 4.74 Å². The second kappa shape index (κ2) is 8.32. The summed E-state index contributed by atoms with van der Waals surface area (Å²) in [6, 6.07) is 6.11. The highest BCUT2D eigenvalue weighted by Crippen LogP contribution is 2.26. The SMILES string of the molecule is OCC1CCCCC(Oc2ccc(C(F)F)cc2)CCC1. The van der Waals surface area contributed by atoms with Gasteiger partial charge in [0.2, 0.25) is 0 Å². The maximum absolute atomic E-state index is 12.5. The van der Waals surface area contributed by atoms with E-state index in [9.17, 15) is 13.9 Å². The zero-order valence-electron chi connectivity index (χ0n) is 12.3. The molecule has 21 heavy (non-hydrogen) atoms. The van der Waals surface area contributed by atoms with E-state index in [1.54, 1.807) is 12.1 Å². The van der Waals surface area contributed by atoms with Crippen molar-refractivity contribution >= 4 is 0 Å². The van der Waals surface area contributed by atoms with Crippen molar-refractivity contribution in [3.63, 3.8) is 0 Å². The second-order valence-electron chi connectivity index (χ2n) is 5.87. The first-order valence-electron chi connectivity index (χ1n) is 7.84. The van der Waals surface area contributed by atoms with Crippen LogP contribution in [0.15, 0.2) is 24.3 Å². The highest BCUT2D eigenvalue weighted by atomic mass is 19.3. The maximum atomic E-state index is 12.5. The van der Waals surface area contributed by atoms with E-state index in [-0.39, 0.29) is 18.3 Å². The van der Waals surface area contributed by atoms with Crippen molar-refractivity contribution in [2.24, 2.45) is 5.92 Å². The number of hydrogen-bond acceptors (Lipinski definition) is 2. The van der Waals surface area contributed by atoms with Gasteiger partial charge in [-0.05, 0) is 68.7 Å². The van der Waals surface area contributed by atoms with Gasteiger partial charge in [0.25, 0.3) is 6.43 Å². The summed E-state index contributed by atoms with van der Waals surface area (Å²) in [5.41, 5.74) is 0.0302. The molecule has 1 fully saturated rings. The smallest absolute Gasteiger partial charge is 0.263 e. The Labute approximate surface area is 125 Å². The minimum atomic E-state index is -2.43. The number of benzene rings is 1.